The highest BCUT2D eigenvalue weighted by Gasteiger charge is 2.35. The van der Waals surface area contributed by atoms with Gasteiger partial charge in [-0.1, -0.05) is 0 Å². The number of nitrogens with two attached hydrogens (primary N) is 1. The maximum atomic E-state index is 12.6. The van der Waals surface area contributed by atoms with Crippen LogP contribution in [0.1, 0.15) is 18.4 Å². The van der Waals surface area contributed by atoms with Gasteiger partial charge in [0.1, 0.15) is 0 Å². The molecule has 1 fully saturated rings. The summed E-state index contributed by atoms with van der Waals surface area (Å²) in [5, 5.41) is 10.5. The maximum Gasteiger partial charge on any atom is 0.243 e. The average molecular weight is 314 g/mol. The molecule has 0 unspecified atom stereocenters. The van der Waals surface area contributed by atoms with Crippen LogP contribution in [0.3, 0.4) is 0 Å². The predicted molar refractivity (Wildman–Crippen MR) is 80.4 cm³/mol. The van der Waals surface area contributed by atoms with E-state index in [0.29, 0.717) is 37.3 Å². The second-order valence-corrected chi connectivity index (χ2v) is 7.64. The fourth-order valence-corrected chi connectivity index (χ4v) is 3.99. The van der Waals surface area contributed by atoms with E-state index in [4.69, 9.17) is 10.5 Å². The van der Waals surface area contributed by atoms with Gasteiger partial charge in [0.25, 0.3) is 0 Å². The van der Waals surface area contributed by atoms with Crippen LogP contribution in [0.15, 0.2) is 23.1 Å². The first-order valence-corrected chi connectivity index (χ1v) is 8.31. The van der Waals surface area contributed by atoms with Gasteiger partial charge in [0.05, 0.1) is 10.5 Å². The number of rotatable bonds is 4. The third-order valence-electron chi connectivity index (χ3n) is 3.83. The number of ether oxygens (including phenoxy) is 1. The highest BCUT2D eigenvalue weighted by molar-refractivity contribution is 7.89. The molecular formula is C14H22N2O4S. The molecular weight excluding hydrogens is 292 g/mol. The van der Waals surface area contributed by atoms with Gasteiger partial charge in [0, 0.05) is 45.3 Å². The van der Waals surface area contributed by atoms with Crippen LogP contribution in [0.2, 0.25) is 0 Å². The Kier molecular flexibility index (Phi) is 4.57. The zero-order chi connectivity index (χ0) is 15.7. The first-order valence-electron chi connectivity index (χ1n) is 6.87. The van der Waals surface area contributed by atoms with Crippen LogP contribution >= 0.6 is 0 Å². The topological polar surface area (TPSA) is 92.9 Å². The average Bonchev–Trinajstić information content (AvgIpc) is 2.38. The minimum atomic E-state index is -3.65. The molecule has 6 nitrogen and oxygen atoms in total. The number of aryl methyl sites for hydroxylation is 1. The van der Waals surface area contributed by atoms with E-state index in [0.717, 1.165) is 0 Å². The maximum absolute atomic E-state index is 12.6. The van der Waals surface area contributed by atoms with Crippen molar-refractivity contribution in [3.63, 3.8) is 0 Å². The third-order valence-corrected chi connectivity index (χ3v) is 5.79. The fourth-order valence-electron chi connectivity index (χ4n) is 2.54. The van der Waals surface area contributed by atoms with E-state index < -0.39 is 15.6 Å². The summed E-state index contributed by atoms with van der Waals surface area (Å²) in [6, 6.07) is 4.70. The van der Waals surface area contributed by atoms with Crippen LogP contribution < -0.4 is 5.73 Å². The number of likely N-dealkylation sites (N-methyl/N-ethyl adjacent to an activating group) is 1. The zero-order valence-corrected chi connectivity index (χ0v) is 13.2. The second-order valence-electron chi connectivity index (χ2n) is 5.62. The van der Waals surface area contributed by atoms with Crippen LogP contribution in [0, 0.1) is 6.92 Å². The summed E-state index contributed by atoms with van der Waals surface area (Å²) in [6.45, 7) is 2.67. The van der Waals surface area contributed by atoms with Gasteiger partial charge in [0.15, 0.2) is 0 Å². The van der Waals surface area contributed by atoms with Gasteiger partial charge >= 0.3 is 0 Å². The van der Waals surface area contributed by atoms with Crippen LogP contribution in [-0.4, -0.2) is 50.2 Å². The number of sulfonamides is 1. The Morgan fingerprint density at radius 1 is 1.38 bits per heavy atom. The molecule has 0 bridgehead atoms. The lowest BCUT2D eigenvalue weighted by molar-refractivity contribution is -0.0689. The van der Waals surface area contributed by atoms with Crippen LogP contribution in [-0.2, 0) is 14.8 Å². The smallest absolute Gasteiger partial charge is 0.243 e. The van der Waals surface area contributed by atoms with Gasteiger partial charge in [0.2, 0.25) is 10.0 Å². The van der Waals surface area contributed by atoms with Crippen molar-refractivity contribution in [1.82, 2.24) is 4.31 Å². The van der Waals surface area contributed by atoms with E-state index >= 15 is 0 Å². The van der Waals surface area contributed by atoms with Gasteiger partial charge in [-0.05, 0) is 30.7 Å². The van der Waals surface area contributed by atoms with E-state index in [1.165, 1.54) is 17.4 Å². The van der Waals surface area contributed by atoms with E-state index in [9.17, 15) is 13.5 Å². The quantitative estimate of drug-likeness (QED) is 0.800. The first kappa shape index (κ1) is 16.2. The lowest BCUT2D eigenvalue weighted by Crippen LogP contribution is -2.47. The molecule has 0 aliphatic carbocycles. The molecule has 1 aliphatic rings. The summed E-state index contributed by atoms with van der Waals surface area (Å²) in [7, 11) is -2.16. The molecule has 1 aromatic carbocycles. The summed E-state index contributed by atoms with van der Waals surface area (Å²) < 4.78 is 31.7. The second kappa shape index (κ2) is 5.92. The zero-order valence-electron chi connectivity index (χ0n) is 12.4. The summed E-state index contributed by atoms with van der Waals surface area (Å²) in [6.07, 6.45) is 0.876. The monoisotopic (exact) mass is 314 g/mol. The normalized spacial score (nSPS) is 18.9. The summed E-state index contributed by atoms with van der Waals surface area (Å²) in [5.74, 6) is 0. The molecule has 7 heteroatoms. The lowest BCUT2D eigenvalue weighted by Gasteiger charge is -2.35. The highest BCUT2D eigenvalue weighted by atomic mass is 32.2. The largest absolute Gasteiger partial charge is 0.399 e. The molecule has 21 heavy (non-hydrogen) atoms. The predicted octanol–water partition coefficient (Wildman–Crippen LogP) is 0.739. The van der Waals surface area contributed by atoms with Crippen LogP contribution in [0.25, 0.3) is 0 Å². The molecule has 1 saturated heterocycles. The molecule has 3 N–H and O–H groups in total. The molecule has 1 aromatic rings. The van der Waals surface area contributed by atoms with E-state index in [2.05, 4.69) is 0 Å². The number of aliphatic hydroxyl groups is 1. The Hall–Kier alpha value is -1.15. The Morgan fingerprint density at radius 2 is 2.00 bits per heavy atom. The third kappa shape index (κ3) is 3.55. The van der Waals surface area contributed by atoms with Crippen molar-refractivity contribution in [3.8, 4) is 0 Å². The Bertz CT molecular complexity index is 609. The number of benzene rings is 1. The molecule has 0 radical (unpaired) electrons. The Labute approximate surface area is 125 Å². The van der Waals surface area contributed by atoms with Crippen LogP contribution in [0.5, 0.6) is 0 Å². The number of anilines is 1. The molecule has 0 spiro atoms. The van der Waals surface area contributed by atoms with Crippen molar-refractivity contribution in [3.05, 3.63) is 23.8 Å². The Morgan fingerprint density at radius 3 is 2.57 bits per heavy atom. The SMILES string of the molecule is Cc1cc(N)ccc1S(=O)(=O)N(C)CC1(O)CCOCC1. The highest BCUT2D eigenvalue weighted by Crippen LogP contribution is 2.26. The van der Waals surface area contributed by atoms with Crippen LogP contribution in [0.4, 0.5) is 5.69 Å². The fraction of sp³-hybridized carbons (Fsp3) is 0.571. The first-order chi connectivity index (χ1) is 9.74. The minimum Gasteiger partial charge on any atom is -0.399 e. The van der Waals surface area contributed by atoms with E-state index in [-0.39, 0.29) is 11.4 Å². The minimum absolute atomic E-state index is 0.0580. The molecule has 0 aromatic heterocycles. The van der Waals surface area contributed by atoms with Crippen molar-refractivity contribution in [2.75, 3.05) is 32.5 Å². The standard InChI is InChI=1S/C14H22N2O4S/c1-11-9-12(15)3-4-13(11)21(18,19)16(2)10-14(17)5-7-20-8-6-14/h3-4,9,17H,5-8,10,15H2,1-2H3. The van der Waals surface area contributed by atoms with Crippen molar-refractivity contribution in [2.45, 2.75) is 30.3 Å². The molecule has 1 heterocycles. The van der Waals surface area contributed by atoms with Gasteiger partial charge in [-0.25, -0.2) is 8.42 Å². The van der Waals surface area contributed by atoms with Gasteiger partial charge in [-0.3, -0.25) is 0 Å². The molecule has 0 amide bonds. The molecule has 0 saturated carbocycles. The number of hydrogen-bond acceptors (Lipinski definition) is 5. The molecule has 118 valence electrons. The molecule has 0 atom stereocenters. The summed E-state index contributed by atoms with van der Waals surface area (Å²) in [5.41, 5.74) is 5.75. The van der Waals surface area contributed by atoms with Gasteiger partial charge < -0.3 is 15.6 Å². The van der Waals surface area contributed by atoms with Gasteiger partial charge in [-0.2, -0.15) is 4.31 Å². The summed E-state index contributed by atoms with van der Waals surface area (Å²) in [4.78, 5) is 0.217. The van der Waals surface area contributed by atoms with Crippen molar-refractivity contribution in [1.29, 1.82) is 0 Å². The van der Waals surface area contributed by atoms with Crippen molar-refractivity contribution < 1.29 is 18.3 Å². The van der Waals surface area contributed by atoms with E-state index in [1.807, 2.05) is 0 Å². The number of hydrogen-bond donors (Lipinski definition) is 2. The Balaban J connectivity index is 2.22. The van der Waals surface area contributed by atoms with Gasteiger partial charge in [-0.15, -0.1) is 0 Å². The molecule has 1 aliphatic heterocycles. The number of nitrogens with zero attached hydrogens (tertiary/aromatic N) is 1. The lowest BCUT2D eigenvalue weighted by atomic mass is 9.95. The molecule has 2 rings (SSSR count). The summed E-state index contributed by atoms with van der Waals surface area (Å²) >= 11 is 0. The van der Waals surface area contributed by atoms with Crippen molar-refractivity contribution in [2.24, 2.45) is 0 Å². The van der Waals surface area contributed by atoms with E-state index in [1.54, 1.807) is 19.1 Å². The van der Waals surface area contributed by atoms with Crippen molar-refractivity contribution >= 4 is 15.7 Å². The number of nitrogen functional groups attached to an aromatic ring is 1.